The molecule has 29 heavy (non-hydrogen) atoms. The van der Waals surface area contributed by atoms with Crippen molar-refractivity contribution in [2.75, 3.05) is 27.2 Å². The average molecular weight is 386 g/mol. The predicted octanol–water partition coefficient (Wildman–Crippen LogP) is 4.81. The van der Waals surface area contributed by atoms with E-state index in [1.807, 2.05) is 53.2 Å². The summed E-state index contributed by atoms with van der Waals surface area (Å²) < 4.78 is 7.78. The Balaban J connectivity index is 1.54. The minimum absolute atomic E-state index is 0.734. The molecule has 0 saturated heterocycles. The van der Waals surface area contributed by atoms with Gasteiger partial charge in [0.15, 0.2) is 5.65 Å². The number of nitrogens with zero attached hydrogens (tertiary/aromatic N) is 4. The molecule has 2 heterocycles. The predicted molar refractivity (Wildman–Crippen MR) is 118 cm³/mol. The Hall–Kier alpha value is -3.18. The molecule has 0 spiro atoms. The summed E-state index contributed by atoms with van der Waals surface area (Å²) in [7, 11) is 4.19. The summed E-state index contributed by atoms with van der Waals surface area (Å²) in [6, 6.07) is 22.3. The molecule has 0 fully saturated rings. The lowest BCUT2D eigenvalue weighted by Crippen LogP contribution is -2.13. The third-order valence-electron chi connectivity index (χ3n) is 4.84. The van der Waals surface area contributed by atoms with Crippen LogP contribution in [0.1, 0.15) is 12.8 Å². The van der Waals surface area contributed by atoms with Crippen LogP contribution in [0.25, 0.3) is 28.0 Å². The third kappa shape index (κ3) is 4.46. The lowest BCUT2D eigenvalue weighted by molar-refractivity contribution is 0.293. The Bertz CT molecular complexity index is 1060. The fourth-order valence-electron chi connectivity index (χ4n) is 3.34. The molecule has 5 heteroatoms. The number of fused-ring (bicyclic) bond motifs is 1. The number of hydrogen-bond donors (Lipinski definition) is 0. The van der Waals surface area contributed by atoms with Gasteiger partial charge in [0, 0.05) is 17.1 Å². The second kappa shape index (κ2) is 8.88. The molecule has 0 N–H and O–H groups in total. The molecule has 0 aliphatic carbocycles. The average Bonchev–Trinajstić information content (AvgIpc) is 3.14. The van der Waals surface area contributed by atoms with Crippen LogP contribution in [-0.4, -0.2) is 46.9 Å². The maximum absolute atomic E-state index is 5.88. The zero-order valence-electron chi connectivity index (χ0n) is 17.0. The maximum Gasteiger partial charge on any atom is 0.163 e. The van der Waals surface area contributed by atoms with Gasteiger partial charge in [-0.25, -0.2) is 9.67 Å². The summed E-state index contributed by atoms with van der Waals surface area (Å²) in [5, 5.41) is 5.91. The van der Waals surface area contributed by atoms with E-state index in [2.05, 4.69) is 42.2 Å². The Morgan fingerprint density at radius 3 is 2.45 bits per heavy atom. The van der Waals surface area contributed by atoms with E-state index < -0.39 is 0 Å². The van der Waals surface area contributed by atoms with Gasteiger partial charge in [0.1, 0.15) is 11.4 Å². The van der Waals surface area contributed by atoms with Crippen LogP contribution in [0.3, 0.4) is 0 Å². The van der Waals surface area contributed by atoms with E-state index >= 15 is 0 Å². The van der Waals surface area contributed by atoms with Crippen molar-refractivity contribution in [3.05, 3.63) is 72.9 Å². The highest BCUT2D eigenvalue weighted by molar-refractivity contribution is 5.91. The normalized spacial score (nSPS) is 11.3. The van der Waals surface area contributed by atoms with Crippen LogP contribution in [0.15, 0.2) is 72.9 Å². The Labute approximate surface area is 171 Å². The van der Waals surface area contributed by atoms with Gasteiger partial charge in [0.25, 0.3) is 0 Å². The van der Waals surface area contributed by atoms with Gasteiger partial charge in [-0.1, -0.05) is 30.3 Å². The van der Waals surface area contributed by atoms with Crippen molar-refractivity contribution in [3.63, 3.8) is 0 Å². The van der Waals surface area contributed by atoms with E-state index in [-0.39, 0.29) is 0 Å². The molecule has 0 radical (unpaired) electrons. The standard InChI is InChI=1S/C24H26N4O/c1-27(2)17-6-7-18-29-21-14-12-20(13-15-21)28-24-22(11-8-16-25-24)23(26-28)19-9-4-3-5-10-19/h3-5,8-16H,6-7,17-18H2,1-2H3. The van der Waals surface area contributed by atoms with Gasteiger partial charge >= 0.3 is 0 Å². The van der Waals surface area contributed by atoms with E-state index in [1.165, 1.54) is 0 Å². The van der Waals surface area contributed by atoms with Crippen molar-refractivity contribution in [1.29, 1.82) is 0 Å². The highest BCUT2D eigenvalue weighted by Crippen LogP contribution is 2.28. The van der Waals surface area contributed by atoms with Crippen LogP contribution in [0, 0.1) is 0 Å². The van der Waals surface area contributed by atoms with Gasteiger partial charge in [-0.3, -0.25) is 0 Å². The SMILES string of the molecule is CN(C)CCCCOc1ccc(-n2nc(-c3ccccc3)c3cccnc32)cc1. The highest BCUT2D eigenvalue weighted by atomic mass is 16.5. The molecule has 2 aromatic carbocycles. The number of ether oxygens (including phenoxy) is 1. The second-order valence-corrected chi connectivity index (χ2v) is 7.35. The minimum Gasteiger partial charge on any atom is -0.494 e. The quantitative estimate of drug-likeness (QED) is 0.408. The molecular formula is C24H26N4O. The Morgan fingerprint density at radius 2 is 1.69 bits per heavy atom. The summed E-state index contributed by atoms with van der Waals surface area (Å²) in [5.74, 6) is 0.881. The van der Waals surface area contributed by atoms with Crippen LogP contribution in [-0.2, 0) is 0 Å². The van der Waals surface area contributed by atoms with Crippen LogP contribution in [0.5, 0.6) is 5.75 Å². The molecule has 0 unspecified atom stereocenters. The molecule has 4 rings (SSSR count). The number of benzene rings is 2. The molecule has 0 aliphatic rings. The van der Waals surface area contributed by atoms with Crippen LogP contribution in [0.4, 0.5) is 0 Å². The summed E-state index contributed by atoms with van der Waals surface area (Å²) in [5.41, 5.74) is 3.84. The maximum atomic E-state index is 5.88. The largest absolute Gasteiger partial charge is 0.494 e. The number of hydrogen-bond acceptors (Lipinski definition) is 4. The molecule has 5 nitrogen and oxygen atoms in total. The van der Waals surface area contributed by atoms with Crippen LogP contribution in [0.2, 0.25) is 0 Å². The number of rotatable bonds is 8. The molecule has 148 valence electrons. The molecule has 4 aromatic rings. The molecule has 0 amide bonds. The Morgan fingerprint density at radius 1 is 0.897 bits per heavy atom. The third-order valence-corrected chi connectivity index (χ3v) is 4.84. The second-order valence-electron chi connectivity index (χ2n) is 7.35. The fraction of sp³-hybridized carbons (Fsp3) is 0.250. The number of pyridine rings is 1. The van der Waals surface area contributed by atoms with Gasteiger partial charge in [-0.05, 0) is 69.9 Å². The van der Waals surface area contributed by atoms with Gasteiger partial charge in [-0.2, -0.15) is 5.10 Å². The van der Waals surface area contributed by atoms with Crippen molar-refractivity contribution in [2.45, 2.75) is 12.8 Å². The van der Waals surface area contributed by atoms with Crippen molar-refractivity contribution in [1.82, 2.24) is 19.7 Å². The zero-order chi connectivity index (χ0) is 20.1. The highest BCUT2D eigenvalue weighted by Gasteiger charge is 2.14. The summed E-state index contributed by atoms with van der Waals surface area (Å²) in [6.07, 6.45) is 3.99. The Kier molecular flexibility index (Phi) is 5.86. The van der Waals surface area contributed by atoms with Crippen molar-refractivity contribution in [2.24, 2.45) is 0 Å². The molecule has 0 saturated carbocycles. The van der Waals surface area contributed by atoms with E-state index in [0.29, 0.717) is 0 Å². The van der Waals surface area contributed by atoms with Crippen LogP contribution < -0.4 is 4.74 Å². The minimum atomic E-state index is 0.734. The van der Waals surface area contributed by atoms with Crippen molar-refractivity contribution < 1.29 is 4.74 Å². The molecule has 0 bridgehead atoms. The van der Waals surface area contributed by atoms with E-state index in [1.54, 1.807) is 6.20 Å². The van der Waals surface area contributed by atoms with E-state index in [0.717, 1.165) is 59.7 Å². The molecule has 0 aliphatic heterocycles. The number of unbranched alkanes of at least 4 members (excludes halogenated alkanes) is 1. The first-order chi connectivity index (χ1) is 14.2. The zero-order valence-corrected chi connectivity index (χ0v) is 17.0. The molecule has 0 atom stereocenters. The van der Waals surface area contributed by atoms with Gasteiger partial charge in [0.2, 0.25) is 0 Å². The summed E-state index contributed by atoms with van der Waals surface area (Å²) >= 11 is 0. The lowest BCUT2D eigenvalue weighted by Gasteiger charge is -2.10. The monoisotopic (exact) mass is 386 g/mol. The summed E-state index contributed by atoms with van der Waals surface area (Å²) in [4.78, 5) is 6.77. The number of aromatic nitrogens is 3. The topological polar surface area (TPSA) is 43.2 Å². The molecular weight excluding hydrogens is 360 g/mol. The van der Waals surface area contributed by atoms with E-state index in [4.69, 9.17) is 9.84 Å². The van der Waals surface area contributed by atoms with Crippen LogP contribution >= 0.6 is 0 Å². The van der Waals surface area contributed by atoms with E-state index in [9.17, 15) is 0 Å². The first-order valence-electron chi connectivity index (χ1n) is 9.99. The summed E-state index contributed by atoms with van der Waals surface area (Å²) in [6.45, 7) is 1.82. The first kappa shape index (κ1) is 19.2. The molecule has 2 aromatic heterocycles. The fourth-order valence-corrected chi connectivity index (χ4v) is 3.34. The smallest absolute Gasteiger partial charge is 0.163 e. The lowest BCUT2D eigenvalue weighted by atomic mass is 10.1. The van der Waals surface area contributed by atoms with Gasteiger partial charge < -0.3 is 9.64 Å². The van der Waals surface area contributed by atoms with Gasteiger partial charge in [-0.15, -0.1) is 0 Å². The van der Waals surface area contributed by atoms with Crippen molar-refractivity contribution >= 4 is 11.0 Å². The van der Waals surface area contributed by atoms with Crippen molar-refractivity contribution in [3.8, 4) is 22.7 Å². The first-order valence-corrected chi connectivity index (χ1v) is 9.99. The van der Waals surface area contributed by atoms with Gasteiger partial charge in [0.05, 0.1) is 12.3 Å².